The smallest absolute Gasteiger partial charge is 0.410 e. The number of nitrogens with zero attached hydrogens (tertiary/aromatic N) is 3. The maximum absolute atomic E-state index is 13.9. The van der Waals surface area contributed by atoms with Gasteiger partial charge in [-0.25, -0.2) is 4.79 Å². The highest BCUT2D eigenvalue weighted by Crippen LogP contribution is 2.32. The largest absolute Gasteiger partial charge is 0.444 e. The van der Waals surface area contributed by atoms with Crippen molar-refractivity contribution in [2.24, 2.45) is 0 Å². The van der Waals surface area contributed by atoms with Crippen LogP contribution in [0.3, 0.4) is 0 Å². The molecule has 1 saturated heterocycles. The number of aliphatic hydroxyl groups is 1. The molecule has 0 saturated carbocycles. The number of hydrogen-bond acceptors (Lipinski definition) is 4. The molecule has 1 fully saturated rings. The summed E-state index contributed by atoms with van der Waals surface area (Å²) in [6.45, 7) is 8.07. The van der Waals surface area contributed by atoms with Crippen LogP contribution in [0.5, 0.6) is 0 Å². The molecule has 1 atom stereocenters. The first kappa shape index (κ1) is 24.5. The second-order valence-electron chi connectivity index (χ2n) is 9.85. The third-order valence-electron chi connectivity index (χ3n) is 6.08. The van der Waals surface area contributed by atoms with Crippen molar-refractivity contribution in [3.63, 3.8) is 0 Å². The zero-order chi connectivity index (χ0) is 25.2. The number of amides is 2. The quantitative estimate of drug-likeness (QED) is 0.603. The molecule has 1 aromatic heterocycles. The molecule has 184 valence electrons. The molecule has 0 unspecified atom stereocenters. The number of carbonyl (C=O) groups is 2. The van der Waals surface area contributed by atoms with Crippen LogP contribution >= 0.6 is 0 Å². The normalized spacial score (nSPS) is 16.3. The fraction of sp³-hybridized carbons (Fsp3) is 0.357. The number of aryl methyl sites for hydroxylation is 1. The average Bonchev–Trinajstić information content (AvgIpc) is 3.20. The Labute approximate surface area is 206 Å². The number of ether oxygens (including phenoxy) is 1. The summed E-state index contributed by atoms with van der Waals surface area (Å²) in [6.07, 6.45) is -0.431. The summed E-state index contributed by atoms with van der Waals surface area (Å²) < 4.78 is 7.58. The second kappa shape index (κ2) is 9.96. The van der Waals surface area contributed by atoms with Crippen LogP contribution in [-0.4, -0.2) is 69.4 Å². The molecule has 35 heavy (non-hydrogen) atoms. The number of aliphatic hydroxyl groups excluding tert-OH is 1. The van der Waals surface area contributed by atoms with Crippen molar-refractivity contribution in [1.29, 1.82) is 0 Å². The van der Waals surface area contributed by atoms with E-state index in [1.54, 1.807) is 9.80 Å². The van der Waals surface area contributed by atoms with Gasteiger partial charge in [0.2, 0.25) is 0 Å². The van der Waals surface area contributed by atoms with Crippen LogP contribution in [0.15, 0.2) is 66.7 Å². The first-order chi connectivity index (χ1) is 16.7. The monoisotopic (exact) mass is 475 g/mol. The van der Waals surface area contributed by atoms with Gasteiger partial charge in [-0.1, -0.05) is 48.5 Å². The minimum Gasteiger partial charge on any atom is -0.444 e. The van der Waals surface area contributed by atoms with Crippen molar-refractivity contribution in [3.8, 4) is 16.9 Å². The van der Waals surface area contributed by atoms with Crippen molar-refractivity contribution < 1.29 is 19.4 Å². The van der Waals surface area contributed by atoms with E-state index >= 15 is 0 Å². The molecule has 3 aromatic rings. The molecular weight excluding hydrogens is 442 g/mol. The Balaban J connectivity index is 1.69. The van der Waals surface area contributed by atoms with Gasteiger partial charge in [-0.15, -0.1) is 0 Å². The van der Waals surface area contributed by atoms with Crippen LogP contribution < -0.4 is 0 Å². The minimum absolute atomic E-state index is 0.162. The number of aromatic nitrogens is 1. The lowest BCUT2D eigenvalue weighted by Crippen LogP contribution is -2.58. The van der Waals surface area contributed by atoms with Crippen molar-refractivity contribution in [1.82, 2.24) is 14.4 Å². The molecule has 1 aliphatic rings. The van der Waals surface area contributed by atoms with Crippen molar-refractivity contribution in [3.05, 3.63) is 78.0 Å². The van der Waals surface area contributed by atoms with Crippen molar-refractivity contribution in [2.75, 3.05) is 26.2 Å². The van der Waals surface area contributed by atoms with Gasteiger partial charge in [-0.2, -0.15) is 0 Å². The van der Waals surface area contributed by atoms with Gasteiger partial charge < -0.3 is 24.2 Å². The van der Waals surface area contributed by atoms with Gasteiger partial charge in [-0.3, -0.25) is 4.79 Å². The minimum atomic E-state index is -0.610. The van der Waals surface area contributed by atoms with E-state index in [2.05, 4.69) is 4.57 Å². The van der Waals surface area contributed by atoms with Gasteiger partial charge >= 0.3 is 6.09 Å². The van der Waals surface area contributed by atoms with Gasteiger partial charge in [0.25, 0.3) is 5.91 Å². The molecule has 0 bridgehead atoms. The first-order valence-electron chi connectivity index (χ1n) is 11.9. The predicted octanol–water partition coefficient (Wildman–Crippen LogP) is 4.51. The number of hydrogen-bond donors (Lipinski definition) is 1. The zero-order valence-electron chi connectivity index (χ0n) is 20.8. The average molecular weight is 476 g/mol. The van der Waals surface area contributed by atoms with Gasteiger partial charge in [0.05, 0.1) is 23.9 Å². The molecule has 2 heterocycles. The van der Waals surface area contributed by atoms with Crippen molar-refractivity contribution >= 4 is 12.0 Å². The Morgan fingerprint density at radius 1 is 1.00 bits per heavy atom. The molecule has 4 rings (SSSR count). The molecule has 2 aromatic carbocycles. The van der Waals surface area contributed by atoms with Crippen LogP contribution in [0.4, 0.5) is 4.79 Å². The molecule has 2 amide bonds. The summed E-state index contributed by atoms with van der Waals surface area (Å²) >= 11 is 0. The lowest BCUT2D eigenvalue weighted by atomic mass is 10.0. The summed E-state index contributed by atoms with van der Waals surface area (Å²) in [5.41, 5.74) is 3.61. The van der Waals surface area contributed by atoms with Crippen molar-refractivity contribution in [2.45, 2.75) is 39.3 Å². The number of benzene rings is 2. The maximum Gasteiger partial charge on any atom is 0.410 e. The van der Waals surface area contributed by atoms with Gasteiger partial charge in [0, 0.05) is 31.0 Å². The molecular formula is C28H33N3O4. The molecule has 0 radical (unpaired) electrons. The van der Waals surface area contributed by atoms with E-state index < -0.39 is 17.7 Å². The standard InChI is InChI=1S/C28H33N3O4/c1-20-17-24(25(21-11-7-5-8-12-21)31(20)22-13-9-6-10-14-22)26(33)30-16-15-29(18-23(30)19-32)27(34)35-28(2,3)4/h5-14,17,23,32H,15-16,18-19H2,1-4H3/t23-/m0/s1. The van der Waals surface area contributed by atoms with Crippen LogP contribution in [0.1, 0.15) is 36.8 Å². The van der Waals surface area contributed by atoms with E-state index in [-0.39, 0.29) is 19.1 Å². The molecule has 1 N–H and O–H groups in total. The number of rotatable bonds is 4. The van der Waals surface area contributed by atoms with Crippen LogP contribution in [0.2, 0.25) is 0 Å². The summed E-state index contributed by atoms with van der Waals surface area (Å²) in [5.74, 6) is -0.162. The van der Waals surface area contributed by atoms with E-state index in [1.807, 2.05) is 94.4 Å². The topological polar surface area (TPSA) is 75.0 Å². The zero-order valence-corrected chi connectivity index (χ0v) is 20.8. The van der Waals surface area contributed by atoms with Crippen LogP contribution in [-0.2, 0) is 4.74 Å². The molecule has 0 aliphatic carbocycles. The number of para-hydroxylation sites is 1. The van der Waals surface area contributed by atoms with E-state index in [0.29, 0.717) is 18.7 Å². The third-order valence-corrected chi connectivity index (χ3v) is 6.08. The SMILES string of the molecule is Cc1cc(C(=O)N2CCN(C(=O)OC(C)(C)C)C[C@H]2CO)c(-c2ccccc2)n1-c1ccccc1. The van der Waals surface area contributed by atoms with Gasteiger partial charge in [-0.05, 0) is 51.5 Å². The highest BCUT2D eigenvalue weighted by Gasteiger charge is 2.36. The molecule has 7 heteroatoms. The highest BCUT2D eigenvalue weighted by atomic mass is 16.6. The maximum atomic E-state index is 13.9. The first-order valence-corrected chi connectivity index (χ1v) is 11.9. The van der Waals surface area contributed by atoms with Crippen LogP contribution in [0.25, 0.3) is 16.9 Å². The van der Waals surface area contributed by atoms with Crippen LogP contribution in [0, 0.1) is 6.92 Å². The van der Waals surface area contributed by atoms with Gasteiger partial charge in [0.15, 0.2) is 0 Å². The Kier molecular flexibility index (Phi) is 6.98. The summed E-state index contributed by atoms with van der Waals surface area (Å²) in [4.78, 5) is 29.8. The second-order valence-corrected chi connectivity index (χ2v) is 9.85. The molecule has 0 spiro atoms. The summed E-state index contributed by atoms with van der Waals surface area (Å²) in [7, 11) is 0. The Morgan fingerprint density at radius 3 is 2.23 bits per heavy atom. The Hall–Kier alpha value is -3.58. The van der Waals surface area contributed by atoms with E-state index in [9.17, 15) is 14.7 Å². The van der Waals surface area contributed by atoms with E-state index in [4.69, 9.17) is 4.74 Å². The summed E-state index contributed by atoms with van der Waals surface area (Å²) in [6, 6.07) is 21.2. The van der Waals surface area contributed by atoms with Gasteiger partial charge in [0.1, 0.15) is 5.60 Å². The molecule has 1 aliphatic heterocycles. The highest BCUT2D eigenvalue weighted by molar-refractivity contribution is 6.01. The summed E-state index contributed by atoms with van der Waals surface area (Å²) in [5, 5.41) is 10.1. The number of carbonyl (C=O) groups excluding carboxylic acids is 2. The fourth-order valence-corrected chi connectivity index (χ4v) is 4.52. The fourth-order valence-electron chi connectivity index (χ4n) is 4.52. The molecule has 7 nitrogen and oxygen atoms in total. The lowest BCUT2D eigenvalue weighted by Gasteiger charge is -2.41. The lowest BCUT2D eigenvalue weighted by molar-refractivity contribution is -0.00240. The van der Waals surface area contributed by atoms with E-state index in [1.165, 1.54) is 0 Å². The Bertz CT molecular complexity index is 1180. The third kappa shape index (κ3) is 5.25. The predicted molar refractivity (Wildman–Crippen MR) is 136 cm³/mol. The Morgan fingerprint density at radius 2 is 1.63 bits per heavy atom. The number of piperazine rings is 1. The van der Waals surface area contributed by atoms with E-state index in [0.717, 1.165) is 22.6 Å².